The van der Waals surface area contributed by atoms with Crippen LogP contribution in [0.25, 0.3) is 0 Å². The van der Waals surface area contributed by atoms with Crippen LogP contribution >= 0.6 is 0 Å². The summed E-state index contributed by atoms with van der Waals surface area (Å²) in [6.07, 6.45) is 0.384. The SMILES string of the molecule is CCOc1ccc(C2=NN(CC)C(=O)[C@H]([C@H]3C(=O)N(c4ccccc4)N=C3C)C2)cc1. The highest BCUT2D eigenvalue weighted by molar-refractivity contribution is 6.18. The van der Waals surface area contributed by atoms with Crippen LogP contribution < -0.4 is 9.75 Å². The molecule has 0 unspecified atom stereocenters. The number of ether oxygens (including phenoxy) is 1. The third-order valence-corrected chi connectivity index (χ3v) is 5.61. The highest BCUT2D eigenvalue weighted by atomic mass is 16.5. The molecule has 2 aliphatic rings. The number of carbonyl (C=O) groups is 2. The van der Waals surface area contributed by atoms with Gasteiger partial charge in [-0.25, -0.2) is 10.0 Å². The third-order valence-electron chi connectivity index (χ3n) is 5.61. The molecule has 0 aromatic heterocycles. The summed E-state index contributed by atoms with van der Waals surface area (Å²) in [6.45, 7) is 6.68. The molecule has 160 valence electrons. The van der Waals surface area contributed by atoms with Crippen LogP contribution in [-0.2, 0) is 9.59 Å². The van der Waals surface area contributed by atoms with Crippen LogP contribution in [0, 0.1) is 11.8 Å². The van der Waals surface area contributed by atoms with Crippen molar-refractivity contribution in [2.75, 3.05) is 18.2 Å². The normalized spacial score (nSPS) is 21.3. The van der Waals surface area contributed by atoms with Gasteiger partial charge >= 0.3 is 0 Å². The van der Waals surface area contributed by atoms with Crippen molar-refractivity contribution in [2.45, 2.75) is 27.2 Å². The Kier molecular flexibility index (Phi) is 5.84. The zero-order valence-corrected chi connectivity index (χ0v) is 18.0. The van der Waals surface area contributed by atoms with E-state index in [1.807, 2.05) is 75.4 Å². The van der Waals surface area contributed by atoms with E-state index in [0.717, 1.165) is 17.0 Å². The summed E-state index contributed by atoms with van der Waals surface area (Å²) in [5, 5.41) is 11.9. The largest absolute Gasteiger partial charge is 0.494 e. The first kappa shape index (κ1) is 20.8. The molecule has 0 N–H and O–H groups in total. The van der Waals surface area contributed by atoms with Gasteiger partial charge in [-0.05, 0) is 62.7 Å². The van der Waals surface area contributed by atoms with E-state index in [-0.39, 0.29) is 11.8 Å². The van der Waals surface area contributed by atoms with E-state index in [4.69, 9.17) is 4.74 Å². The Bertz CT molecular complexity index is 1030. The number of anilines is 1. The summed E-state index contributed by atoms with van der Waals surface area (Å²) in [7, 11) is 0. The number of hydrogen-bond donors (Lipinski definition) is 0. The number of carbonyl (C=O) groups excluding carboxylic acids is 2. The molecule has 0 saturated heterocycles. The molecule has 2 aromatic rings. The number of hydrogen-bond acceptors (Lipinski definition) is 5. The summed E-state index contributed by atoms with van der Waals surface area (Å²) in [6, 6.07) is 17.0. The quantitative estimate of drug-likeness (QED) is 0.718. The zero-order valence-electron chi connectivity index (χ0n) is 18.0. The maximum atomic E-state index is 13.3. The minimum Gasteiger partial charge on any atom is -0.494 e. The van der Waals surface area contributed by atoms with Crippen LogP contribution in [0.4, 0.5) is 5.69 Å². The molecule has 4 rings (SSSR count). The maximum Gasteiger partial charge on any atom is 0.257 e. The monoisotopic (exact) mass is 418 g/mol. The molecule has 2 aliphatic heterocycles. The second-order valence-corrected chi connectivity index (χ2v) is 7.57. The van der Waals surface area contributed by atoms with Crippen molar-refractivity contribution in [1.82, 2.24) is 5.01 Å². The number of para-hydroxylation sites is 1. The van der Waals surface area contributed by atoms with Crippen LogP contribution in [0.3, 0.4) is 0 Å². The Balaban J connectivity index is 1.62. The Labute approximate surface area is 182 Å². The fourth-order valence-electron chi connectivity index (χ4n) is 4.09. The number of amides is 2. The number of hydrazone groups is 2. The topological polar surface area (TPSA) is 74.6 Å². The third kappa shape index (κ3) is 3.95. The van der Waals surface area contributed by atoms with Crippen LogP contribution in [0.1, 0.15) is 32.8 Å². The van der Waals surface area contributed by atoms with Gasteiger partial charge in [0.1, 0.15) is 5.75 Å². The number of rotatable bonds is 6. The molecular formula is C24H26N4O3. The van der Waals surface area contributed by atoms with Gasteiger partial charge in [0.05, 0.1) is 29.8 Å². The minimum absolute atomic E-state index is 0.139. The molecule has 2 heterocycles. The molecule has 0 bridgehead atoms. The molecule has 0 aliphatic carbocycles. The van der Waals surface area contributed by atoms with Gasteiger partial charge in [0, 0.05) is 18.7 Å². The molecule has 7 heteroatoms. The van der Waals surface area contributed by atoms with Gasteiger partial charge in [-0.3, -0.25) is 9.59 Å². The van der Waals surface area contributed by atoms with Crippen LogP contribution in [0.15, 0.2) is 64.8 Å². The summed E-state index contributed by atoms with van der Waals surface area (Å²) in [5.74, 6) is -0.667. The predicted octanol–water partition coefficient (Wildman–Crippen LogP) is 3.70. The molecular weight excluding hydrogens is 392 g/mol. The molecule has 0 radical (unpaired) electrons. The van der Waals surface area contributed by atoms with Crippen molar-refractivity contribution >= 4 is 28.9 Å². The Morgan fingerprint density at radius 1 is 0.968 bits per heavy atom. The van der Waals surface area contributed by atoms with Crippen molar-refractivity contribution in [3.05, 3.63) is 60.2 Å². The van der Waals surface area contributed by atoms with Crippen molar-refractivity contribution in [3.63, 3.8) is 0 Å². The van der Waals surface area contributed by atoms with Crippen molar-refractivity contribution in [2.24, 2.45) is 22.0 Å². The summed E-state index contributed by atoms with van der Waals surface area (Å²) in [5.41, 5.74) is 3.05. The van der Waals surface area contributed by atoms with E-state index < -0.39 is 11.8 Å². The Morgan fingerprint density at radius 2 is 1.68 bits per heavy atom. The molecule has 2 amide bonds. The van der Waals surface area contributed by atoms with Gasteiger partial charge < -0.3 is 4.74 Å². The van der Waals surface area contributed by atoms with Crippen LogP contribution in [0.5, 0.6) is 5.75 Å². The lowest BCUT2D eigenvalue weighted by atomic mass is 9.81. The molecule has 2 aromatic carbocycles. The molecule has 0 fully saturated rings. The van der Waals surface area contributed by atoms with Crippen molar-refractivity contribution in [3.8, 4) is 5.75 Å². The Hall–Kier alpha value is -3.48. The number of benzene rings is 2. The standard InChI is InChI=1S/C24H26N4O3/c1-4-27-23(29)20(15-21(26-27)17-11-13-19(14-12-17)31-5-2)22-16(3)25-28(24(22)30)18-9-7-6-8-10-18/h6-14,20,22H,4-5,15H2,1-3H3/t20-,22-/m0/s1. The summed E-state index contributed by atoms with van der Waals surface area (Å²) in [4.78, 5) is 26.5. The second-order valence-electron chi connectivity index (χ2n) is 7.57. The van der Waals surface area contributed by atoms with Gasteiger partial charge in [0.2, 0.25) is 5.91 Å². The average Bonchev–Trinajstić information content (AvgIpc) is 3.09. The van der Waals surface area contributed by atoms with E-state index >= 15 is 0 Å². The molecule has 0 saturated carbocycles. The lowest BCUT2D eigenvalue weighted by Crippen LogP contribution is -2.46. The fourth-order valence-corrected chi connectivity index (χ4v) is 4.09. The lowest BCUT2D eigenvalue weighted by Gasteiger charge is -2.31. The first-order valence-electron chi connectivity index (χ1n) is 10.6. The van der Waals surface area contributed by atoms with Gasteiger partial charge in [-0.15, -0.1) is 0 Å². The zero-order chi connectivity index (χ0) is 22.0. The van der Waals surface area contributed by atoms with Gasteiger partial charge in [-0.1, -0.05) is 18.2 Å². The first-order valence-corrected chi connectivity index (χ1v) is 10.6. The van der Waals surface area contributed by atoms with E-state index in [1.54, 1.807) is 0 Å². The number of nitrogens with zero attached hydrogens (tertiary/aromatic N) is 4. The molecule has 31 heavy (non-hydrogen) atoms. The predicted molar refractivity (Wildman–Crippen MR) is 120 cm³/mol. The molecule has 2 atom stereocenters. The van der Waals surface area contributed by atoms with Crippen LogP contribution in [0.2, 0.25) is 0 Å². The van der Waals surface area contributed by atoms with E-state index in [2.05, 4.69) is 10.2 Å². The highest BCUT2D eigenvalue weighted by Gasteiger charge is 2.46. The van der Waals surface area contributed by atoms with Crippen molar-refractivity contribution < 1.29 is 14.3 Å². The van der Waals surface area contributed by atoms with E-state index in [9.17, 15) is 9.59 Å². The van der Waals surface area contributed by atoms with E-state index in [1.165, 1.54) is 10.0 Å². The molecule has 7 nitrogen and oxygen atoms in total. The maximum absolute atomic E-state index is 13.3. The van der Waals surface area contributed by atoms with E-state index in [0.29, 0.717) is 31.0 Å². The summed E-state index contributed by atoms with van der Waals surface area (Å²) >= 11 is 0. The summed E-state index contributed by atoms with van der Waals surface area (Å²) < 4.78 is 5.52. The van der Waals surface area contributed by atoms with Crippen LogP contribution in [-0.4, -0.2) is 41.4 Å². The van der Waals surface area contributed by atoms with Gasteiger partial charge in [0.25, 0.3) is 5.91 Å². The average molecular weight is 418 g/mol. The minimum atomic E-state index is -0.602. The van der Waals surface area contributed by atoms with Gasteiger partial charge in [0.15, 0.2) is 0 Å². The van der Waals surface area contributed by atoms with Crippen molar-refractivity contribution in [1.29, 1.82) is 0 Å². The molecule has 0 spiro atoms. The lowest BCUT2D eigenvalue weighted by molar-refractivity contribution is -0.139. The Morgan fingerprint density at radius 3 is 2.32 bits per heavy atom. The first-order chi connectivity index (χ1) is 15.0. The smallest absolute Gasteiger partial charge is 0.257 e. The highest BCUT2D eigenvalue weighted by Crippen LogP contribution is 2.34. The second kappa shape index (κ2) is 8.71. The fraction of sp³-hybridized carbons (Fsp3) is 0.333. The van der Waals surface area contributed by atoms with Gasteiger partial charge in [-0.2, -0.15) is 10.2 Å².